The molecule has 0 saturated heterocycles. The van der Waals surface area contributed by atoms with Crippen LogP contribution in [-0.4, -0.2) is 38.7 Å². The van der Waals surface area contributed by atoms with Crippen molar-refractivity contribution in [3.8, 4) is 22.8 Å². The molecule has 1 fully saturated rings. The van der Waals surface area contributed by atoms with Crippen molar-refractivity contribution in [2.24, 2.45) is 0 Å². The van der Waals surface area contributed by atoms with E-state index in [1.54, 1.807) is 49.9 Å². The van der Waals surface area contributed by atoms with Crippen molar-refractivity contribution in [3.05, 3.63) is 65.8 Å². The molecule has 5 rings (SSSR count). The molecule has 2 heterocycles. The number of benzene rings is 2. The normalized spacial score (nSPS) is 14.2. The lowest BCUT2D eigenvalue weighted by atomic mass is 10.00. The summed E-state index contributed by atoms with van der Waals surface area (Å²) in [7, 11) is -0.662. The molecule has 2 N–H and O–H groups in total. The second-order valence-electron chi connectivity index (χ2n) is 8.15. The molecule has 4 aromatic rings. The summed E-state index contributed by atoms with van der Waals surface area (Å²) in [6.45, 7) is 0. The highest BCUT2D eigenvalue weighted by atomic mass is 32.2. The molecule has 0 atom stereocenters. The van der Waals surface area contributed by atoms with Crippen LogP contribution in [0.25, 0.3) is 11.3 Å². The summed E-state index contributed by atoms with van der Waals surface area (Å²) in [5, 5.41) is 8.99. The lowest BCUT2D eigenvalue weighted by molar-refractivity contribution is -0.118. The Balaban J connectivity index is 1.30. The molecule has 186 valence electrons. The maximum atomic E-state index is 13.2. The Morgan fingerprint density at radius 2 is 1.81 bits per heavy atom. The second-order valence-corrected chi connectivity index (χ2v) is 10.7. The van der Waals surface area contributed by atoms with Gasteiger partial charge < -0.3 is 19.3 Å². The molecule has 0 aliphatic heterocycles. The quantitative estimate of drug-likeness (QED) is 0.330. The van der Waals surface area contributed by atoms with Crippen molar-refractivity contribution in [2.45, 2.75) is 23.2 Å². The minimum atomic E-state index is -3.77. The van der Waals surface area contributed by atoms with E-state index in [4.69, 9.17) is 14.0 Å². The summed E-state index contributed by atoms with van der Waals surface area (Å²) >= 11 is 1.18. The standard InChI is InChI=1S/C24H22N4O6S2/c1-32-18-8-3-15(13-20(18)33-2)19-14-21(27-34-19)24(9-10-24)22(29)26-16-4-6-17(7-5-16)36(30,31)28-23-25-11-12-35-23/h3-8,11-14H,9-10H2,1-2H3,(H,25,28)(H,26,29). The molecule has 10 nitrogen and oxygen atoms in total. The zero-order chi connectivity index (χ0) is 25.3. The van der Waals surface area contributed by atoms with Crippen LogP contribution in [-0.2, 0) is 20.2 Å². The maximum Gasteiger partial charge on any atom is 0.263 e. The third-order valence-electron chi connectivity index (χ3n) is 5.93. The minimum Gasteiger partial charge on any atom is -0.493 e. The van der Waals surface area contributed by atoms with Crippen molar-refractivity contribution in [1.29, 1.82) is 0 Å². The number of carbonyl (C=O) groups excluding carboxylic acids is 1. The van der Waals surface area contributed by atoms with Crippen molar-refractivity contribution in [2.75, 3.05) is 24.3 Å². The summed E-state index contributed by atoms with van der Waals surface area (Å²) in [5.41, 5.74) is 0.959. The van der Waals surface area contributed by atoms with Crippen LogP contribution in [0.15, 0.2) is 69.5 Å². The number of ether oxygens (including phenoxy) is 2. The van der Waals surface area contributed by atoms with Gasteiger partial charge in [0.15, 0.2) is 22.4 Å². The van der Waals surface area contributed by atoms with Crippen LogP contribution < -0.4 is 19.5 Å². The summed E-state index contributed by atoms with van der Waals surface area (Å²) in [6.07, 6.45) is 2.77. The molecule has 1 aliphatic rings. The van der Waals surface area contributed by atoms with Crippen molar-refractivity contribution in [1.82, 2.24) is 10.1 Å². The van der Waals surface area contributed by atoms with Gasteiger partial charge in [0.2, 0.25) is 5.91 Å². The topological polar surface area (TPSA) is 133 Å². The summed E-state index contributed by atoms with van der Waals surface area (Å²) in [5.74, 6) is 1.43. The summed E-state index contributed by atoms with van der Waals surface area (Å²) in [6, 6.07) is 13.1. The number of carbonyl (C=O) groups is 1. The molecule has 36 heavy (non-hydrogen) atoms. The molecule has 12 heteroatoms. The highest BCUT2D eigenvalue weighted by molar-refractivity contribution is 7.93. The first-order chi connectivity index (χ1) is 17.3. The average Bonchev–Trinajstić information content (AvgIpc) is 3.27. The van der Waals surface area contributed by atoms with Gasteiger partial charge in [0, 0.05) is 28.9 Å². The third-order valence-corrected chi connectivity index (χ3v) is 8.10. The number of nitrogens with zero attached hydrogens (tertiary/aromatic N) is 2. The Hall–Kier alpha value is -3.90. The predicted molar refractivity (Wildman–Crippen MR) is 134 cm³/mol. The van der Waals surface area contributed by atoms with Gasteiger partial charge in [0.1, 0.15) is 0 Å². The van der Waals surface area contributed by atoms with Crippen molar-refractivity contribution >= 4 is 38.1 Å². The van der Waals surface area contributed by atoms with Gasteiger partial charge >= 0.3 is 0 Å². The average molecular weight is 527 g/mol. The summed E-state index contributed by atoms with van der Waals surface area (Å²) in [4.78, 5) is 17.1. The predicted octanol–water partition coefficient (Wildman–Crippen LogP) is 4.29. The molecule has 1 saturated carbocycles. The minimum absolute atomic E-state index is 0.0629. The molecule has 0 radical (unpaired) electrons. The number of amides is 1. The number of aromatic nitrogens is 2. The molecule has 2 aromatic heterocycles. The Bertz CT molecular complexity index is 1490. The van der Waals surface area contributed by atoms with E-state index in [2.05, 4.69) is 20.2 Å². The largest absolute Gasteiger partial charge is 0.493 e. The van der Waals surface area contributed by atoms with E-state index in [0.717, 1.165) is 5.56 Å². The number of anilines is 2. The van der Waals surface area contributed by atoms with Gasteiger partial charge in [0.05, 0.1) is 30.2 Å². The van der Waals surface area contributed by atoms with E-state index in [0.29, 0.717) is 41.5 Å². The van der Waals surface area contributed by atoms with Crippen LogP contribution in [0.1, 0.15) is 18.5 Å². The number of nitrogens with one attached hydrogen (secondary N) is 2. The smallest absolute Gasteiger partial charge is 0.263 e. The van der Waals surface area contributed by atoms with Gasteiger partial charge in [0.25, 0.3) is 10.0 Å². The van der Waals surface area contributed by atoms with Gasteiger partial charge in [-0.05, 0) is 55.3 Å². The molecular formula is C24H22N4O6S2. The fourth-order valence-corrected chi connectivity index (χ4v) is 5.56. The first kappa shape index (κ1) is 23.8. The van der Waals surface area contributed by atoms with Crippen LogP contribution in [0.5, 0.6) is 11.5 Å². The van der Waals surface area contributed by atoms with E-state index in [9.17, 15) is 13.2 Å². The van der Waals surface area contributed by atoms with E-state index < -0.39 is 15.4 Å². The first-order valence-corrected chi connectivity index (χ1v) is 13.2. The lowest BCUT2D eigenvalue weighted by Crippen LogP contribution is -2.28. The molecular weight excluding hydrogens is 504 g/mol. The van der Waals surface area contributed by atoms with Crippen LogP contribution in [0, 0.1) is 0 Å². The monoisotopic (exact) mass is 526 g/mol. The molecule has 1 amide bonds. The van der Waals surface area contributed by atoms with Crippen LogP contribution in [0.2, 0.25) is 0 Å². The van der Waals surface area contributed by atoms with Crippen LogP contribution in [0.3, 0.4) is 0 Å². The number of sulfonamides is 1. The van der Waals surface area contributed by atoms with Gasteiger partial charge in [-0.1, -0.05) is 5.16 Å². The van der Waals surface area contributed by atoms with Gasteiger partial charge in [-0.3, -0.25) is 9.52 Å². The first-order valence-electron chi connectivity index (χ1n) is 10.9. The fourth-order valence-electron chi connectivity index (χ4n) is 3.77. The second kappa shape index (κ2) is 9.28. The molecule has 0 unspecified atom stereocenters. The highest BCUT2D eigenvalue weighted by Gasteiger charge is 2.53. The Labute approximate surface area is 211 Å². The van der Waals surface area contributed by atoms with E-state index in [1.807, 2.05) is 6.07 Å². The number of hydrogen-bond acceptors (Lipinski definition) is 9. The maximum absolute atomic E-state index is 13.2. The Morgan fingerprint density at radius 3 is 2.44 bits per heavy atom. The van der Waals surface area contributed by atoms with E-state index in [-0.39, 0.29) is 15.9 Å². The number of thiazole rings is 1. The lowest BCUT2D eigenvalue weighted by Gasteiger charge is -2.13. The molecule has 2 aromatic carbocycles. The number of hydrogen-bond donors (Lipinski definition) is 2. The van der Waals surface area contributed by atoms with Crippen LogP contribution >= 0.6 is 11.3 Å². The molecule has 0 bridgehead atoms. The molecule has 1 aliphatic carbocycles. The van der Waals surface area contributed by atoms with Gasteiger partial charge in [-0.15, -0.1) is 11.3 Å². The number of rotatable bonds is 9. The van der Waals surface area contributed by atoms with Crippen molar-refractivity contribution in [3.63, 3.8) is 0 Å². The Morgan fingerprint density at radius 1 is 1.06 bits per heavy atom. The third kappa shape index (κ3) is 4.52. The molecule has 0 spiro atoms. The summed E-state index contributed by atoms with van der Waals surface area (Å²) < 4.78 is 43.6. The van der Waals surface area contributed by atoms with E-state index in [1.165, 1.54) is 29.7 Å². The van der Waals surface area contributed by atoms with Gasteiger partial charge in [-0.2, -0.15) is 0 Å². The zero-order valence-electron chi connectivity index (χ0n) is 19.3. The van der Waals surface area contributed by atoms with Crippen LogP contribution in [0.4, 0.5) is 10.8 Å². The highest BCUT2D eigenvalue weighted by Crippen LogP contribution is 2.49. The SMILES string of the molecule is COc1ccc(-c2cc(C3(C(=O)Nc4ccc(S(=O)(=O)Nc5nccs5)cc4)CC3)no2)cc1OC. The Kier molecular flexibility index (Phi) is 6.14. The van der Waals surface area contributed by atoms with Crippen molar-refractivity contribution < 1.29 is 27.2 Å². The number of methoxy groups -OCH3 is 2. The van der Waals surface area contributed by atoms with Gasteiger partial charge in [-0.25, -0.2) is 13.4 Å². The zero-order valence-corrected chi connectivity index (χ0v) is 21.0. The fraction of sp³-hybridized carbons (Fsp3) is 0.208. The van der Waals surface area contributed by atoms with E-state index >= 15 is 0 Å².